The number of anilines is 2. The third-order valence-corrected chi connectivity index (χ3v) is 6.56. The maximum atomic E-state index is 13.7. The number of hydrogen-bond acceptors (Lipinski definition) is 7. The molecule has 8 nitrogen and oxygen atoms in total. The van der Waals surface area contributed by atoms with E-state index in [1.165, 1.54) is 6.07 Å². The van der Waals surface area contributed by atoms with Gasteiger partial charge in [0.05, 0.1) is 23.4 Å². The molecule has 1 aliphatic carbocycles. The van der Waals surface area contributed by atoms with Crippen LogP contribution in [0.1, 0.15) is 36.8 Å². The number of fused-ring (bicyclic) bond motifs is 1. The number of ketones is 1. The number of furan rings is 1. The van der Waals surface area contributed by atoms with Crippen molar-refractivity contribution in [1.82, 2.24) is 9.97 Å². The van der Waals surface area contributed by atoms with Crippen molar-refractivity contribution >= 4 is 34.8 Å². The first kappa shape index (κ1) is 21.3. The largest absolute Gasteiger partial charge is 0.467 e. The molecule has 33 heavy (non-hydrogen) atoms. The maximum Gasteiger partial charge on any atom is 0.251 e. The summed E-state index contributed by atoms with van der Waals surface area (Å²) in [7, 11) is 0. The van der Waals surface area contributed by atoms with Crippen molar-refractivity contribution in [2.75, 3.05) is 16.0 Å². The molecule has 0 spiro atoms. The second-order valence-corrected chi connectivity index (χ2v) is 8.94. The number of aromatic nitrogens is 2. The number of aromatic amines is 1. The van der Waals surface area contributed by atoms with Crippen LogP contribution in [0.3, 0.4) is 0 Å². The van der Waals surface area contributed by atoms with Gasteiger partial charge >= 0.3 is 0 Å². The Kier molecular flexibility index (Phi) is 5.63. The van der Waals surface area contributed by atoms with Crippen LogP contribution in [-0.2, 0) is 9.59 Å². The molecule has 2 aliphatic rings. The topological polar surface area (TPSA) is 108 Å². The molecule has 5 rings (SSSR count). The van der Waals surface area contributed by atoms with Crippen molar-refractivity contribution < 1.29 is 14.0 Å². The molecular weight excluding hydrogens is 440 g/mol. The van der Waals surface area contributed by atoms with E-state index in [0.717, 1.165) is 36.0 Å². The summed E-state index contributed by atoms with van der Waals surface area (Å²) in [6, 6.07) is 11.8. The second-order valence-electron chi connectivity index (χ2n) is 7.97. The summed E-state index contributed by atoms with van der Waals surface area (Å²) in [5, 5.41) is 3.79. The van der Waals surface area contributed by atoms with Gasteiger partial charge in [0.15, 0.2) is 10.9 Å². The molecule has 2 N–H and O–H groups in total. The average Bonchev–Trinajstić information content (AvgIpc) is 3.26. The molecule has 168 valence electrons. The molecular formula is C24H22N4O4S. The van der Waals surface area contributed by atoms with E-state index in [4.69, 9.17) is 4.42 Å². The Hall–Kier alpha value is -3.59. The molecule has 9 heteroatoms. The van der Waals surface area contributed by atoms with Gasteiger partial charge in [0.1, 0.15) is 11.8 Å². The van der Waals surface area contributed by atoms with Crippen molar-refractivity contribution in [3.05, 3.63) is 81.8 Å². The molecule has 3 aromatic rings. The van der Waals surface area contributed by atoms with Gasteiger partial charge in [0, 0.05) is 29.5 Å². The minimum absolute atomic E-state index is 0.00749. The number of hydrogen-bond donors (Lipinski definition) is 2. The zero-order valence-corrected chi connectivity index (χ0v) is 18.8. The van der Waals surface area contributed by atoms with Crippen molar-refractivity contribution in [3.8, 4) is 0 Å². The lowest BCUT2D eigenvalue weighted by Crippen LogP contribution is -2.39. The van der Waals surface area contributed by atoms with E-state index in [0.29, 0.717) is 34.3 Å². The molecule has 1 atom stereocenters. The first-order chi connectivity index (χ1) is 16.0. The summed E-state index contributed by atoms with van der Waals surface area (Å²) in [5.74, 6) is 0.325. The minimum Gasteiger partial charge on any atom is -0.467 e. The minimum atomic E-state index is -0.684. The van der Waals surface area contributed by atoms with Gasteiger partial charge in [-0.1, -0.05) is 23.9 Å². The summed E-state index contributed by atoms with van der Waals surface area (Å²) >= 11 is 1.15. The predicted molar refractivity (Wildman–Crippen MR) is 125 cm³/mol. The zero-order chi connectivity index (χ0) is 22.9. The number of nitrogens with zero attached hydrogens (tertiary/aromatic N) is 2. The highest BCUT2D eigenvalue weighted by Gasteiger charge is 2.40. The van der Waals surface area contributed by atoms with Crippen LogP contribution in [0.25, 0.3) is 0 Å². The van der Waals surface area contributed by atoms with Crippen LogP contribution in [0.2, 0.25) is 0 Å². The number of para-hydroxylation sites is 2. The number of carbonyl (C=O) groups excluding carboxylic acids is 2. The monoisotopic (exact) mass is 462 g/mol. The molecule has 0 bridgehead atoms. The fourth-order valence-corrected chi connectivity index (χ4v) is 5.13. The summed E-state index contributed by atoms with van der Waals surface area (Å²) < 4.78 is 5.74. The van der Waals surface area contributed by atoms with E-state index in [2.05, 4.69) is 15.3 Å². The number of amides is 1. The number of Topliss-reactive ketones (excluding diaryl/α,β-unsaturated/α-hetero) is 1. The van der Waals surface area contributed by atoms with E-state index in [9.17, 15) is 14.4 Å². The third-order valence-electron chi connectivity index (χ3n) is 5.70. The number of benzene rings is 1. The van der Waals surface area contributed by atoms with Gasteiger partial charge in [-0.15, -0.1) is 0 Å². The number of carbonyl (C=O) groups is 2. The number of rotatable bonds is 4. The van der Waals surface area contributed by atoms with Crippen molar-refractivity contribution in [2.45, 2.75) is 37.4 Å². The predicted octanol–water partition coefficient (Wildman–Crippen LogP) is 3.97. The van der Waals surface area contributed by atoms with Gasteiger partial charge in [-0.25, -0.2) is 4.98 Å². The van der Waals surface area contributed by atoms with E-state index >= 15 is 0 Å². The molecule has 0 saturated heterocycles. The fourth-order valence-electron chi connectivity index (χ4n) is 4.35. The van der Waals surface area contributed by atoms with Crippen LogP contribution in [0, 0.1) is 6.92 Å². The van der Waals surface area contributed by atoms with E-state index < -0.39 is 6.04 Å². The Morgan fingerprint density at radius 1 is 1.21 bits per heavy atom. The Morgan fingerprint density at radius 2 is 2.06 bits per heavy atom. The van der Waals surface area contributed by atoms with Crippen molar-refractivity contribution in [1.29, 1.82) is 0 Å². The number of thioether (sulfide) groups is 1. The standard InChI is InChI=1S/C24H22N4O4S/c1-14-12-20(30)27-24(25-14)33-13-21(31)28-17-8-3-2-6-15(17)26-16-7-4-9-18(29)22(16)23(28)19-10-5-11-32-19/h2-3,5-6,8,10-12,23,26H,4,7,9,13H2,1H3,(H,25,27,30)/t23-/m1/s1. The summed E-state index contributed by atoms with van der Waals surface area (Å²) in [4.78, 5) is 47.2. The first-order valence-electron chi connectivity index (χ1n) is 10.7. The molecule has 1 aromatic carbocycles. The quantitative estimate of drug-likeness (QED) is 0.446. The molecule has 0 fully saturated rings. The SMILES string of the molecule is Cc1cc(=O)[nH]c(SCC(=O)N2c3ccccc3NC3=C(C(=O)CCC3)[C@H]2c2ccco2)n1. The van der Waals surface area contributed by atoms with Gasteiger partial charge in [0.2, 0.25) is 5.91 Å². The van der Waals surface area contributed by atoms with E-state index in [1.54, 1.807) is 30.2 Å². The van der Waals surface area contributed by atoms with Gasteiger partial charge in [-0.2, -0.15) is 0 Å². The molecule has 1 aliphatic heterocycles. The van der Waals surface area contributed by atoms with Gasteiger partial charge < -0.3 is 14.7 Å². The molecule has 2 aromatic heterocycles. The van der Waals surface area contributed by atoms with Crippen LogP contribution in [-0.4, -0.2) is 27.4 Å². The van der Waals surface area contributed by atoms with Gasteiger partial charge in [-0.05, 0) is 44.0 Å². The van der Waals surface area contributed by atoms with Crippen LogP contribution >= 0.6 is 11.8 Å². The molecule has 0 saturated carbocycles. The lowest BCUT2D eigenvalue weighted by atomic mass is 9.88. The third kappa shape index (κ3) is 4.11. The Balaban J connectivity index is 1.59. The number of H-pyrrole nitrogens is 1. The Labute approximate surface area is 194 Å². The Bertz CT molecular complexity index is 1310. The van der Waals surface area contributed by atoms with Crippen LogP contribution in [0.5, 0.6) is 0 Å². The van der Waals surface area contributed by atoms with Gasteiger partial charge in [-0.3, -0.25) is 19.3 Å². The average molecular weight is 463 g/mol. The van der Waals surface area contributed by atoms with Crippen LogP contribution in [0.4, 0.5) is 11.4 Å². The highest BCUT2D eigenvalue weighted by molar-refractivity contribution is 7.99. The molecule has 1 amide bonds. The second kappa shape index (κ2) is 8.74. The zero-order valence-electron chi connectivity index (χ0n) is 18.0. The number of allylic oxidation sites excluding steroid dienone is 1. The molecule has 0 unspecified atom stereocenters. The summed E-state index contributed by atoms with van der Waals surface area (Å²) in [6.07, 6.45) is 3.46. The first-order valence-corrected chi connectivity index (χ1v) is 11.7. The van der Waals surface area contributed by atoms with Crippen molar-refractivity contribution in [2.24, 2.45) is 0 Å². The highest BCUT2D eigenvalue weighted by Crippen LogP contribution is 2.45. The summed E-state index contributed by atoms with van der Waals surface area (Å²) in [6.45, 7) is 1.73. The van der Waals surface area contributed by atoms with Crippen molar-refractivity contribution in [3.63, 3.8) is 0 Å². The van der Waals surface area contributed by atoms with Gasteiger partial charge in [0.25, 0.3) is 5.56 Å². The maximum absolute atomic E-state index is 13.7. The van der Waals surface area contributed by atoms with E-state index in [-0.39, 0.29) is 23.0 Å². The van der Waals surface area contributed by atoms with Crippen LogP contribution in [0.15, 0.2) is 74.4 Å². The fraction of sp³-hybridized carbons (Fsp3) is 0.250. The smallest absolute Gasteiger partial charge is 0.251 e. The van der Waals surface area contributed by atoms with Crippen LogP contribution < -0.4 is 15.8 Å². The number of aryl methyl sites for hydroxylation is 1. The number of nitrogens with one attached hydrogen (secondary N) is 2. The lowest BCUT2D eigenvalue weighted by Gasteiger charge is -2.32. The normalized spacial score (nSPS) is 17.8. The highest BCUT2D eigenvalue weighted by atomic mass is 32.2. The van der Waals surface area contributed by atoms with E-state index in [1.807, 2.05) is 24.3 Å². The summed E-state index contributed by atoms with van der Waals surface area (Å²) in [5.41, 5.74) is 3.12. The molecule has 0 radical (unpaired) electrons. The molecule has 3 heterocycles. The lowest BCUT2D eigenvalue weighted by molar-refractivity contribution is -0.117. The Morgan fingerprint density at radius 3 is 2.85 bits per heavy atom.